The van der Waals surface area contributed by atoms with Crippen LogP contribution >= 0.6 is 0 Å². The monoisotopic (exact) mass is 214 g/mol. The standard InChI is InChI=1S/C13H14N2O/c1-14-9-10-4-2-5-11(8-10)13(16)12-6-3-7-15-12/h2-8,14-15H,9H2,1H3. The lowest BCUT2D eigenvalue weighted by Crippen LogP contribution is -2.07. The van der Waals surface area contributed by atoms with Crippen molar-refractivity contribution < 1.29 is 4.79 Å². The second-order valence-corrected chi connectivity index (χ2v) is 3.64. The van der Waals surface area contributed by atoms with Gasteiger partial charge in [0.05, 0.1) is 5.69 Å². The normalized spacial score (nSPS) is 10.3. The molecule has 0 atom stereocenters. The summed E-state index contributed by atoms with van der Waals surface area (Å²) in [7, 11) is 1.89. The molecule has 0 amide bonds. The van der Waals surface area contributed by atoms with E-state index in [0.29, 0.717) is 5.69 Å². The van der Waals surface area contributed by atoms with Crippen LogP contribution in [0.5, 0.6) is 0 Å². The number of aromatic nitrogens is 1. The maximum Gasteiger partial charge on any atom is 0.209 e. The molecule has 0 spiro atoms. The van der Waals surface area contributed by atoms with Crippen molar-refractivity contribution in [2.45, 2.75) is 6.54 Å². The predicted octanol–water partition coefficient (Wildman–Crippen LogP) is 1.97. The Balaban J connectivity index is 2.27. The summed E-state index contributed by atoms with van der Waals surface area (Å²) in [5.74, 6) is 0.0305. The Morgan fingerprint density at radius 2 is 2.19 bits per heavy atom. The highest BCUT2D eigenvalue weighted by molar-refractivity contribution is 6.07. The van der Waals surface area contributed by atoms with Crippen LogP contribution in [0.25, 0.3) is 0 Å². The van der Waals surface area contributed by atoms with Crippen molar-refractivity contribution in [1.82, 2.24) is 10.3 Å². The smallest absolute Gasteiger partial charge is 0.209 e. The minimum atomic E-state index is 0.0305. The van der Waals surface area contributed by atoms with Gasteiger partial charge in [-0.3, -0.25) is 4.79 Å². The molecule has 0 saturated heterocycles. The van der Waals surface area contributed by atoms with Gasteiger partial charge in [-0.15, -0.1) is 0 Å². The molecule has 0 unspecified atom stereocenters. The first kappa shape index (κ1) is 10.6. The first-order chi connectivity index (χ1) is 7.81. The lowest BCUT2D eigenvalue weighted by atomic mass is 10.1. The highest BCUT2D eigenvalue weighted by Gasteiger charge is 2.09. The largest absolute Gasteiger partial charge is 0.359 e. The Kier molecular flexibility index (Phi) is 3.17. The van der Waals surface area contributed by atoms with Gasteiger partial charge in [0.2, 0.25) is 5.78 Å². The van der Waals surface area contributed by atoms with E-state index >= 15 is 0 Å². The number of carbonyl (C=O) groups is 1. The van der Waals surface area contributed by atoms with Gasteiger partial charge in [-0.1, -0.05) is 18.2 Å². The zero-order chi connectivity index (χ0) is 11.4. The molecule has 1 aromatic carbocycles. The van der Waals surface area contributed by atoms with E-state index in [4.69, 9.17) is 0 Å². The van der Waals surface area contributed by atoms with Crippen molar-refractivity contribution in [3.63, 3.8) is 0 Å². The number of carbonyl (C=O) groups excluding carboxylic acids is 1. The third-order valence-electron chi connectivity index (χ3n) is 2.41. The molecule has 1 aromatic heterocycles. The number of aromatic amines is 1. The summed E-state index contributed by atoms with van der Waals surface area (Å²) in [5.41, 5.74) is 2.46. The Morgan fingerprint density at radius 3 is 2.88 bits per heavy atom. The lowest BCUT2D eigenvalue weighted by Gasteiger charge is -2.03. The molecular formula is C13H14N2O. The minimum Gasteiger partial charge on any atom is -0.359 e. The summed E-state index contributed by atoms with van der Waals surface area (Å²) in [6.45, 7) is 0.770. The average Bonchev–Trinajstić information content (AvgIpc) is 2.82. The van der Waals surface area contributed by atoms with Crippen LogP contribution in [0.3, 0.4) is 0 Å². The van der Waals surface area contributed by atoms with Crippen LogP contribution in [-0.4, -0.2) is 17.8 Å². The third-order valence-corrected chi connectivity index (χ3v) is 2.41. The molecule has 0 aliphatic heterocycles. The summed E-state index contributed by atoms with van der Waals surface area (Å²) in [6.07, 6.45) is 1.75. The number of benzene rings is 1. The van der Waals surface area contributed by atoms with E-state index in [1.165, 1.54) is 0 Å². The van der Waals surface area contributed by atoms with Gasteiger partial charge in [0, 0.05) is 18.3 Å². The molecule has 3 nitrogen and oxygen atoms in total. The van der Waals surface area contributed by atoms with Gasteiger partial charge >= 0.3 is 0 Å². The SMILES string of the molecule is CNCc1cccc(C(=O)c2ccc[nH]2)c1. The summed E-state index contributed by atoms with van der Waals surface area (Å²) >= 11 is 0. The van der Waals surface area contributed by atoms with E-state index in [-0.39, 0.29) is 5.78 Å². The van der Waals surface area contributed by atoms with Crippen molar-refractivity contribution in [2.75, 3.05) is 7.05 Å². The number of hydrogen-bond donors (Lipinski definition) is 2. The topological polar surface area (TPSA) is 44.9 Å². The fourth-order valence-electron chi connectivity index (χ4n) is 1.65. The fourth-order valence-corrected chi connectivity index (χ4v) is 1.65. The molecule has 0 radical (unpaired) electrons. The Morgan fingerprint density at radius 1 is 1.31 bits per heavy atom. The number of nitrogens with one attached hydrogen (secondary N) is 2. The molecule has 0 bridgehead atoms. The molecule has 0 saturated carbocycles. The predicted molar refractivity (Wildman–Crippen MR) is 63.4 cm³/mol. The summed E-state index contributed by atoms with van der Waals surface area (Å²) < 4.78 is 0. The van der Waals surface area contributed by atoms with Crippen LogP contribution in [-0.2, 0) is 6.54 Å². The Hall–Kier alpha value is -1.87. The van der Waals surface area contributed by atoms with Crippen molar-refractivity contribution in [2.24, 2.45) is 0 Å². The number of H-pyrrole nitrogens is 1. The summed E-state index contributed by atoms with van der Waals surface area (Å²) in [5, 5.41) is 3.07. The van der Waals surface area contributed by atoms with Gasteiger partial charge in [-0.25, -0.2) is 0 Å². The molecule has 0 fully saturated rings. The van der Waals surface area contributed by atoms with Crippen molar-refractivity contribution >= 4 is 5.78 Å². The first-order valence-corrected chi connectivity index (χ1v) is 5.23. The van der Waals surface area contributed by atoms with Gasteiger partial charge in [0.1, 0.15) is 0 Å². The van der Waals surface area contributed by atoms with Crippen LogP contribution in [0.15, 0.2) is 42.6 Å². The first-order valence-electron chi connectivity index (χ1n) is 5.23. The van der Waals surface area contributed by atoms with Crippen LogP contribution in [0, 0.1) is 0 Å². The molecule has 82 valence electrons. The number of ketones is 1. The molecule has 0 aliphatic carbocycles. The van der Waals surface area contributed by atoms with E-state index < -0.39 is 0 Å². The second kappa shape index (κ2) is 4.77. The Bertz CT molecular complexity index is 474. The fraction of sp³-hybridized carbons (Fsp3) is 0.154. The maximum atomic E-state index is 12.0. The van der Waals surface area contributed by atoms with Gasteiger partial charge in [0.25, 0.3) is 0 Å². The van der Waals surface area contributed by atoms with E-state index in [2.05, 4.69) is 10.3 Å². The maximum absolute atomic E-state index is 12.0. The van der Waals surface area contributed by atoms with Crippen molar-refractivity contribution in [1.29, 1.82) is 0 Å². The molecule has 2 N–H and O–H groups in total. The molecule has 16 heavy (non-hydrogen) atoms. The quantitative estimate of drug-likeness (QED) is 0.764. The second-order valence-electron chi connectivity index (χ2n) is 3.64. The highest BCUT2D eigenvalue weighted by atomic mass is 16.1. The Labute approximate surface area is 94.5 Å². The highest BCUT2D eigenvalue weighted by Crippen LogP contribution is 2.10. The average molecular weight is 214 g/mol. The molecule has 2 aromatic rings. The summed E-state index contributed by atoms with van der Waals surface area (Å²) in [4.78, 5) is 14.9. The molecular weight excluding hydrogens is 200 g/mol. The zero-order valence-corrected chi connectivity index (χ0v) is 9.16. The zero-order valence-electron chi connectivity index (χ0n) is 9.16. The minimum absolute atomic E-state index is 0.0305. The molecule has 3 heteroatoms. The van der Waals surface area contributed by atoms with E-state index in [1.807, 2.05) is 37.4 Å². The van der Waals surface area contributed by atoms with E-state index in [9.17, 15) is 4.79 Å². The van der Waals surface area contributed by atoms with Gasteiger partial charge in [-0.2, -0.15) is 0 Å². The molecule has 1 heterocycles. The lowest BCUT2D eigenvalue weighted by molar-refractivity contribution is 0.103. The van der Waals surface area contributed by atoms with Crippen LogP contribution in [0.1, 0.15) is 21.6 Å². The number of hydrogen-bond acceptors (Lipinski definition) is 2. The van der Waals surface area contributed by atoms with Crippen molar-refractivity contribution in [3.8, 4) is 0 Å². The number of rotatable bonds is 4. The molecule has 2 rings (SSSR count). The van der Waals surface area contributed by atoms with Crippen LogP contribution in [0.4, 0.5) is 0 Å². The van der Waals surface area contributed by atoms with E-state index in [0.717, 1.165) is 17.7 Å². The van der Waals surface area contributed by atoms with Crippen LogP contribution < -0.4 is 5.32 Å². The molecule has 0 aliphatic rings. The van der Waals surface area contributed by atoms with Gasteiger partial charge in [0.15, 0.2) is 0 Å². The van der Waals surface area contributed by atoms with E-state index in [1.54, 1.807) is 12.3 Å². The van der Waals surface area contributed by atoms with Gasteiger partial charge in [-0.05, 0) is 30.8 Å². The van der Waals surface area contributed by atoms with Crippen molar-refractivity contribution in [3.05, 3.63) is 59.4 Å². The third kappa shape index (κ3) is 2.20. The van der Waals surface area contributed by atoms with Gasteiger partial charge < -0.3 is 10.3 Å². The summed E-state index contributed by atoms with van der Waals surface area (Å²) in [6, 6.07) is 11.3. The van der Waals surface area contributed by atoms with Crippen LogP contribution in [0.2, 0.25) is 0 Å².